The van der Waals surface area contributed by atoms with Crippen molar-refractivity contribution in [3.8, 4) is 0 Å². The molecule has 1 fully saturated rings. The zero-order valence-electron chi connectivity index (χ0n) is 12.9. The number of hydrogen-bond donors (Lipinski definition) is 0. The number of rotatable bonds is 6. The number of aryl methyl sites for hydroxylation is 1. The molecule has 120 valence electrons. The maximum Gasteiger partial charge on any atom is 0.151 e. The van der Waals surface area contributed by atoms with Gasteiger partial charge < -0.3 is 4.74 Å². The van der Waals surface area contributed by atoms with Gasteiger partial charge in [-0.2, -0.15) is 5.10 Å². The van der Waals surface area contributed by atoms with Crippen molar-refractivity contribution in [2.45, 2.75) is 26.4 Å². The van der Waals surface area contributed by atoms with E-state index in [1.807, 2.05) is 17.7 Å². The molecule has 1 unspecified atom stereocenters. The lowest BCUT2D eigenvalue weighted by Gasteiger charge is -2.22. The minimum absolute atomic E-state index is 0.183. The van der Waals surface area contributed by atoms with E-state index in [0.717, 1.165) is 38.4 Å². The Morgan fingerprint density at radius 3 is 3.05 bits per heavy atom. The molecule has 1 aliphatic heterocycles. The molecule has 1 atom stereocenters. The lowest BCUT2D eigenvalue weighted by Crippen LogP contribution is -2.30. The lowest BCUT2D eigenvalue weighted by molar-refractivity contribution is 0.187. The first-order chi connectivity index (χ1) is 10.00. The summed E-state index contributed by atoms with van der Waals surface area (Å²) >= 11 is 0. The summed E-state index contributed by atoms with van der Waals surface area (Å²) in [7, 11) is -1.19. The Hall–Kier alpha value is -0.920. The lowest BCUT2D eigenvalue weighted by atomic mass is 10.2. The molecule has 21 heavy (non-hydrogen) atoms. The monoisotopic (exact) mass is 315 g/mol. The number of sulfone groups is 1. The van der Waals surface area contributed by atoms with Gasteiger partial charge in [-0.15, -0.1) is 0 Å². The highest BCUT2D eigenvalue weighted by atomic mass is 32.2. The van der Waals surface area contributed by atoms with Gasteiger partial charge in [0.25, 0.3) is 0 Å². The van der Waals surface area contributed by atoms with E-state index in [0.29, 0.717) is 12.3 Å². The summed E-state index contributed by atoms with van der Waals surface area (Å²) in [6, 6.07) is 2.01. The molecule has 0 spiro atoms. The molecule has 0 aromatic carbocycles. The molecule has 0 amide bonds. The van der Waals surface area contributed by atoms with Crippen LogP contribution in [-0.4, -0.2) is 61.4 Å². The van der Waals surface area contributed by atoms with Gasteiger partial charge >= 0.3 is 0 Å². The van der Waals surface area contributed by atoms with Crippen LogP contribution in [0.4, 0.5) is 0 Å². The molecule has 1 aromatic heterocycles. The summed E-state index contributed by atoms with van der Waals surface area (Å²) in [6.07, 6.45) is 2.73. The van der Waals surface area contributed by atoms with E-state index < -0.39 is 9.84 Å². The molecule has 1 aromatic rings. The van der Waals surface area contributed by atoms with Crippen LogP contribution < -0.4 is 0 Å². The first-order valence-corrected chi connectivity index (χ1v) is 9.25. The van der Waals surface area contributed by atoms with E-state index in [2.05, 4.69) is 10.00 Å². The highest BCUT2D eigenvalue weighted by Gasteiger charge is 2.24. The predicted molar refractivity (Wildman–Crippen MR) is 81.8 cm³/mol. The molecule has 0 N–H and O–H groups in total. The van der Waals surface area contributed by atoms with Gasteiger partial charge in [0, 0.05) is 46.1 Å². The van der Waals surface area contributed by atoms with Crippen molar-refractivity contribution in [2.24, 2.45) is 5.92 Å². The molecular weight excluding hydrogens is 290 g/mol. The van der Waals surface area contributed by atoms with Gasteiger partial charge in [0.1, 0.15) is 0 Å². The van der Waals surface area contributed by atoms with Crippen LogP contribution in [0.3, 0.4) is 0 Å². The minimum atomic E-state index is -2.89. The van der Waals surface area contributed by atoms with E-state index >= 15 is 0 Å². The summed E-state index contributed by atoms with van der Waals surface area (Å²) < 4.78 is 30.7. The van der Waals surface area contributed by atoms with Gasteiger partial charge in [0.15, 0.2) is 9.84 Å². The van der Waals surface area contributed by atoms with Crippen LogP contribution in [0.5, 0.6) is 0 Å². The average molecular weight is 315 g/mol. The Labute approximate surface area is 127 Å². The first-order valence-electron chi connectivity index (χ1n) is 7.42. The number of nitrogens with zero attached hydrogens (tertiary/aromatic N) is 3. The Morgan fingerprint density at radius 2 is 2.29 bits per heavy atom. The van der Waals surface area contributed by atoms with Crippen molar-refractivity contribution in [1.29, 1.82) is 0 Å². The molecule has 1 saturated heterocycles. The van der Waals surface area contributed by atoms with E-state index in [1.165, 1.54) is 0 Å². The number of aromatic nitrogens is 2. The Balaban J connectivity index is 1.96. The number of ether oxygens (including phenoxy) is 1. The predicted octanol–water partition coefficient (Wildman–Crippen LogP) is 0.786. The van der Waals surface area contributed by atoms with Crippen LogP contribution >= 0.6 is 0 Å². The summed E-state index contributed by atoms with van der Waals surface area (Å²) in [6.45, 7) is 5.74. The summed E-state index contributed by atoms with van der Waals surface area (Å²) in [5.74, 6) is 0.744. The van der Waals surface area contributed by atoms with Gasteiger partial charge in [0.05, 0.1) is 17.2 Å². The van der Waals surface area contributed by atoms with Crippen molar-refractivity contribution in [3.63, 3.8) is 0 Å². The molecule has 2 rings (SSSR count). The summed E-state index contributed by atoms with van der Waals surface area (Å²) in [5, 5.41) is 4.34. The quantitative estimate of drug-likeness (QED) is 0.726. The topological polar surface area (TPSA) is 64.4 Å². The zero-order chi connectivity index (χ0) is 15.3. The fourth-order valence-electron chi connectivity index (χ4n) is 2.80. The van der Waals surface area contributed by atoms with E-state index in [-0.39, 0.29) is 11.7 Å². The van der Waals surface area contributed by atoms with Crippen molar-refractivity contribution < 1.29 is 13.2 Å². The van der Waals surface area contributed by atoms with Crippen molar-refractivity contribution in [3.05, 3.63) is 18.0 Å². The fraction of sp³-hybridized carbons (Fsp3) is 0.786. The van der Waals surface area contributed by atoms with Crippen LogP contribution in [0.15, 0.2) is 12.3 Å². The fourth-order valence-corrected chi connectivity index (χ4v) is 4.47. The van der Waals surface area contributed by atoms with Gasteiger partial charge in [0.2, 0.25) is 0 Å². The van der Waals surface area contributed by atoms with Gasteiger partial charge in [-0.25, -0.2) is 8.42 Å². The molecule has 0 bridgehead atoms. The van der Waals surface area contributed by atoms with E-state index in [4.69, 9.17) is 4.74 Å². The molecular formula is C14H25N3O3S. The van der Waals surface area contributed by atoms with Gasteiger partial charge in [-0.3, -0.25) is 9.58 Å². The third-order valence-corrected chi connectivity index (χ3v) is 5.62. The van der Waals surface area contributed by atoms with Gasteiger partial charge in [-0.05, 0) is 18.4 Å². The zero-order valence-corrected chi connectivity index (χ0v) is 13.7. The second-order valence-corrected chi connectivity index (χ2v) is 8.08. The van der Waals surface area contributed by atoms with Crippen molar-refractivity contribution in [2.75, 3.05) is 38.3 Å². The van der Waals surface area contributed by atoms with Crippen LogP contribution in [-0.2, 0) is 27.7 Å². The first kappa shape index (κ1) is 16.5. The SMILES string of the molecule is COCCCn1nccc1CN1CCS(=O)(=O)CC(C)C1. The third kappa shape index (κ3) is 5.09. The largest absolute Gasteiger partial charge is 0.385 e. The second kappa shape index (κ2) is 7.38. The maximum atomic E-state index is 11.8. The molecule has 0 aliphatic carbocycles. The minimum Gasteiger partial charge on any atom is -0.385 e. The smallest absolute Gasteiger partial charge is 0.151 e. The van der Waals surface area contributed by atoms with Crippen LogP contribution in [0.2, 0.25) is 0 Å². The molecule has 0 saturated carbocycles. The van der Waals surface area contributed by atoms with E-state index in [9.17, 15) is 8.42 Å². The highest BCUT2D eigenvalue weighted by Crippen LogP contribution is 2.14. The average Bonchev–Trinajstić information content (AvgIpc) is 2.77. The Kier molecular flexibility index (Phi) is 5.78. The molecule has 6 nitrogen and oxygen atoms in total. The van der Waals surface area contributed by atoms with E-state index in [1.54, 1.807) is 13.3 Å². The second-order valence-electron chi connectivity index (χ2n) is 5.85. The van der Waals surface area contributed by atoms with Gasteiger partial charge in [-0.1, -0.05) is 6.92 Å². The normalized spacial score (nSPS) is 23.0. The van der Waals surface area contributed by atoms with Crippen LogP contribution in [0, 0.1) is 5.92 Å². The summed E-state index contributed by atoms with van der Waals surface area (Å²) in [4.78, 5) is 2.22. The molecule has 1 aliphatic rings. The standard InChI is InChI=1S/C14H25N3O3S/c1-13-10-16(7-9-21(18,19)12-13)11-14-4-5-15-17(14)6-3-8-20-2/h4-5,13H,3,6-12H2,1-2H3. The van der Waals surface area contributed by atoms with Crippen LogP contribution in [0.1, 0.15) is 19.0 Å². The van der Waals surface area contributed by atoms with Crippen molar-refractivity contribution in [1.82, 2.24) is 14.7 Å². The molecule has 0 radical (unpaired) electrons. The number of methoxy groups -OCH3 is 1. The molecule has 2 heterocycles. The highest BCUT2D eigenvalue weighted by molar-refractivity contribution is 7.91. The Bertz CT molecular complexity index is 541. The van der Waals surface area contributed by atoms with Crippen LogP contribution in [0.25, 0.3) is 0 Å². The summed E-state index contributed by atoms with van der Waals surface area (Å²) in [5.41, 5.74) is 1.14. The third-order valence-electron chi connectivity index (χ3n) is 3.74. The maximum absolute atomic E-state index is 11.8. The Morgan fingerprint density at radius 1 is 1.48 bits per heavy atom. The number of hydrogen-bond acceptors (Lipinski definition) is 5. The molecule has 7 heteroatoms. The van der Waals surface area contributed by atoms with Crippen molar-refractivity contribution >= 4 is 9.84 Å².